The molecule has 0 aromatic rings. The van der Waals surface area contributed by atoms with Gasteiger partial charge >= 0.3 is 11.9 Å². The summed E-state index contributed by atoms with van der Waals surface area (Å²) < 4.78 is 5.04. The molecule has 0 radical (unpaired) electrons. The highest BCUT2D eigenvalue weighted by Crippen LogP contribution is 2.09. The molecule has 0 spiro atoms. The van der Waals surface area contributed by atoms with E-state index in [-0.39, 0.29) is 0 Å². The Balaban J connectivity index is 4.53. The molecule has 21 heavy (non-hydrogen) atoms. The third kappa shape index (κ3) is 9.01. The zero-order valence-corrected chi connectivity index (χ0v) is 13.1. The molecule has 0 saturated carbocycles. The Morgan fingerprint density at radius 3 is 2.29 bits per heavy atom. The standard InChI is InChI=1S/C14H26N2O5/c1-5-6-7-9(15)12(18)16-10(13(19)20)8-11(17)21-14(2,3)4/h9-10H,5-8,15H2,1-4H3,(H,16,18)(H,19,20)/t9-,10-/m0/s1. The minimum atomic E-state index is -1.33. The Kier molecular flexibility index (Phi) is 7.94. The van der Waals surface area contributed by atoms with Crippen molar-refractivity contribution in [3.63, 3.8) is 0 Å². The van der Waals surface area contributed by atoms with Crippen LogP contribution in [-0.4, -0.2) is 40.6 Å². The third-order valence-electron chi connectivity index (χ3n) is 2.61. The molecule has 0 aromatic carbocycles. The number of carboxylic acids is 1. The molecule has 122 valence electrons. The molecule has 0 aliphatic heterocycles. The van der Waals surface area contributed by atoms with Crippen LogP contribution in [0.15, 0.2) is 0 Å². The monoisotopic (exact) mass is 302 g/mol. The molecule has 0 fully saturated rings. The van der Waals surface area contributed by atoms with E-state index in [1.165, 1.54) is 0 Å². The van der Waals surface area contributed by atoms with Crippen LogP contribution in [-0.2, 0) is 19.1 Å². The van der Waals surface area contributed by atoms with Gasteiger partial charge in [0.15, 0.2) is 0 Å². The van der Waals surface area contributed by atoms with Crippen LogP contribution >= 0.6 is 0 Å². The molecule has 0 rings (SSSR count). The summed E-state index contributed by atoms with van der Waals surface area (Å²) in [6.07, 6.45) is 1.71. The SMILES string of the molecule is CCCC[C@H](N)C(=O)N[C@@H](CC(=O)OC(C)(C)C)C(=O)O. The number of rotatable bonds is 8. The highest BCUT2D eigenvalue weighted by atomic mass is 16.6. The molecule has 0 aliphatic rings. The lowest BCUT2D eigenvalue weighted by Gasteiger charge is -2.22. The minimum Gasteiger partial charge on any atom is -0.480 e. The number of nitrogens with one attached hydrogen (secondary N) is 1. The maximum Gasteiger partial charge on any atom is 0.326 e. The van der Waals surface area contributed by atoms with Gasteiger partial charge in [0.2, 0.25) is 5.91 Å². The number of hydrogen-bond acceptors (Lipinski definition) is 5. The van der Waals surface area contributed by atoms with Crippen LogP contribution in [0.25, 0.3) is 0 Å². The lowest BCUT2D eigenvalue weighted by atomic mass is 10.1. The van der Waals surface area contributed by atoms with E-state index in [9.17, 15) is 14.4 Å². The van der Waals surface area contributed by atoms with E-state index in [0.29, 0.717) is 6.42 Å². The number of nitrogens with two attached hydrogens (primary N) is 1. The van der Waals surface area contributed by atoms with E-state index in [1.54, 1.807) is 20.8 Å². The summed E-state index contributed by atoms with van der Waals surface area (Å²) in [5, 5.41) is 11.3. The highest BCUT2D eigenvalue weighted by molar-refractivity contribution is 5.89. The number of unbranched alkanes of at least 4 members (excludes halogenated alkanes) is 1. The Bertz CT molecular complexity index is 376. The molecule has 7 nitrogen and oxygen atoms in total. The summed E-state index contributed by atoms with van der Waals surface area (Å²) in [4.78, 5) is 34.5. The van der Waals surface area contributed by atoms with Gasteiger partial charge < -0.3 is 20.9 Å². The van der Waals surface area contributed by atoms with Gasteiger partial charge in [-0.1, -0.05) is 19.8 Å². The summed E-state index contributed by atoms with van der Waals surface area (Å²) >= 11 is 0. The first-order valence-electron chi connectivity index (χ1n) is 7.07. The Hall–Kier alpha value is -1.63. The molecule has 2 atom stereocenters. The average molecular weight is 302 g/mol. The summed E-state index contributed by atoms with van der Waals surface area (Å²) in [5.74, 6) is -2.55. The van der Waals surface area contributed by atoms with E-state index in [4.69, 9.17) is 15.6 Å². The van der Waals surface area contributed by atoms with E-state index >= 15 is 0 Å². The molecule has 0 aliphatic carbocycles. The van der Waals surface area contributed by atoms with Crippen LogP contribution in [0, 0.1) is 0 Å². The Morgan fingerprint density at radius 1 is 1.29 bits per heavy atom. The van der Waals surface area contributed by atoms with Crippen LogP contribution < -0.4 is 11.1 Å². The van der Waals surface area contributed by atoms with Gasteiger partial charge in [0.25, 0.3) is 0 Å². The van der Waals surface area contributed by atoms with Crippen molar-refractivity contribution >= 4 is 17.8 Å². The van der Waals surface area contributed by atoms with Gasteiger partial charge in [-0.15, -0.1) is 0 Å². The molecular weight excluding hydrogens is 276 g/mol. The predicted octanol–water partition coefficient (Wildman–Crippen LogP) is 0.805. The van der Waals surface area contributed by atoms with Gasteiger partial charge in [-0.3, -0.25) is 9.59 Å². The predicted molar refractivity (Wildman–Crippen MR) is 77.5 cm³/mol. The molecule has 0 saturated heterocycles. The molecule has 0 unspecified atom stereocenters. The van der Waals surface area contributed by atoms with E-state index in [2.05, 4.69) is 5.32 Å². The first kappa shape index (κ1) is 19.4. The fourth-order valence-corrected chi connectivity index (χ4v) is 1.58. The maximum absolute atomic E-state index is 11.8. The Labute approximate surface area is 125 Å². The normalized spacial score (nSPS) is 14.1. The topological polar surface area (TPSA) is 119 Å². The highest BCUT2D eigenvalue weighted by Gasteiger charge is 2.28. The van der Waals surface area contributed by atoms with Gasteiger partial charge in [-0.2, -0.15) is 0 Å². The first-order chi connectivity index (χ1) is 9.56. The number of ether oxygens (including phenoxy) is 1. The van der Waals surface area contributed by atoms with Gasteiger partial charge in [0, 0.05) is 0 Å². The zero-order chi connectivity index (χ0) is 16.6. The second-order valence-electron chi connectivity index (χ2n) is 5.94. The fraction of sp³-hybridized carbons (Fsp3) is 0.786. The van der Waals surface area contributed by atoms with Gasteiger partial charge in [-0.05, 0) is 27.2 Å². The summed E-state index contributed by atoms with van der Waals surface area (Å²) in [5.41, 5.74) is 4.96. The summed E-state index contributed by atoms with van der Waals surface area (Å²) in [6, 6.07) is -2.11. The maximum atomic E-state index is 11.8. The lowest BCUT2D eigenvalue weighted by Crippen LogP contribution is -2.49. The summed E-state index contributed by atoms with van der Waals surface area (Å²) in [6.45, 7) is 7.01. The van der Waals surface area contributed by atoms with E-state index in [1.807, 2.05) is 6.92 Å². The van der Waals surface area contributed by atoms with Crippen molar-refractivity contribution in [3.05, 3.63) is 0 Å². The molecule has 0 bridgehead atoms. The molecular formula is C14H26N2O5. The number of amides is 1. The van der Waals surface area contributed by atoms with Crippen molar-refractivity contribution in [2.75, 3.05) is 0 Å². The number of esters is 1. The number of carbonyl (C=O) groups is 3. The van der Waals surface area contributed by atoms with E-state index < -0.39 is 42.0 Å². The van der Waals surface area contributed by atoms with Crippen LogP contribution in [0.4, 0.5) is 0 Å². The van der Waals surface area contributed by atoms with Gasteiger partial charge in [0.1, 0.15) is 11.6 Å². The van der Waals surface area contributed by atoms with Crippen molar-refractivity contribution in [1.82, 2.24) is 5.32 Å². The van der Waals surface area contributed by atoms with Crippen LogP contribution in [0.3, 0.4) is 0 Å². The lowest BCUT2D eigenvalue weighted by molar-refractivity contribution is -0.158. The second-order valence-corrected chi connectivity index (χ2v) is 5.94. The van der Waals surface area contributed by atoms with Crippen molar-refractivity contribution in [3.8, 4) is 0 Å². The zero-order valence-electron chi connectivity index (χ0n) is 13.1. The number of carboxylic acid groups (broad SMARTS) is 1. The van der Waals surface area contributed by atoms with Crippen molar-refractivity contribution in [2.24, 2.45) is 5.73 Å². The molecule has 0 heterocycles. The van der Waals surface area contributed by atoms with Crippen LogP contribution in [0.5, 0.6) is 0 Å². The van der Waals surface area contributed by atoms with Crippen LogP contribution in [0.1, 0.15) is 53.4 Å². The molecule has 4 N–H and O–H groups in total. The van der Waals surface area contributed by atoms with Gasteiger partial charge in [-0.25, -0.2) is 4.79 Å². The van der Waals surface area contributed by atoms with Gasteiger partial charge in [0.05, 0.1) is 12.5 Å². The molecule has 0 aromatic heterocycles. The van der Waals surface area contributed by atoms with Crippen molar-refractivity contribution < 1.29 is 24.2 Å². The number of hydrogen-bond donors (Lipinski definition) is 3. The molecule has 7 heteroatoms. The van der Waals surface area contributed by atoms with Crippen molar-refractivity contribution in [2.45, 2.75) is 71.1 Å². The third-order valence-corrected chi connectivity index (χ3v) is 2.61. The average Bonchev–Trinajstić information content (AvgIpc) is 2.32. The smallest absolute Gasteiger partial charge is 0.326 e. The Morgan fingerprint density at radius 2 is 1.86 bits per heavy atom. The fourth-order valence-electron chi connectivity index (χ4n) is 1.58. The molecule has 1 amide bonds. The van der Waals surface area contributed by atoms with Crippen molar-refractivity contribution in [1.29, 1.82) is 0 Å². The second kappa shape index (κ2) is 8.61. The number of carbonyl (C=O) groups excluding carboxylic acids is 2. The summed E-state index contributed by atoms with van der Waals surface area (Å²) in [7, 11) is 0. The quantitative estimate of drug-likeness (QED) is 0.571. The minimum absolute atomic E-state index is 0.432. The first-order valence-corrected chi connectivity index (χ1v) is 7.07. The largest absolute Gasteiger partial charge is 0.480 e. The van der Waals surface area contributed by atoms with Crippen LogP contribution in [0.2, 0.25) is 0 Å². The number of aliphatic carboxylic acids is 1. The van der Waals surface area contributed by atoms with E-state index in [0.717, 1.165) is 12.8 Å².